The Balaban J connectivity index is 1.32. The molecule has 9 rings (SSSR count). The van der Waals surface area contributed by atoms with Gasteiger partial charge in [-0.25, -0.2) is 0 Å². The van der Waals surface area contributed by atoms with Crippen LogP contribution in [0.4, 0.5) is 17.1 Å². The van der Waals surface area contributed by atoms with Crippen LogP contribution in [0.25, 0.3) is 65.7 Å². The highest BCUT2D eigenvalue weighted by Crippen LogP contribution is 2.47. The van der Waals surface area contributed by atoms with Gasteiger partial charge in [0.25, 0.3) is 0 Å². The molecule has 9 aromatic rings. The second-order valence-corrected chi connectivity index (χ2v) is 11.7. The fraction of sp³-hybridized carbons (Fsp3) is 0. The van der Waals surface area contributed by atoms with Crippen molar-refractivity contribution in [2.24, 2.45) is 0 Å². The fourth-order valence-electron chi connectivity index (χ4n) is 6.85. The highest BCUT2D eigenvalue weighted by Gasteiger charge is 2.22. The summed E-state index contributed by atoms with van der Waals surface area (Å²) < 4.78 is 6.65. The first-order chi connectivity index (χ1) is 22.8. The lowest BCUT2D eigenvalue weighted by atomic mass is 9.98. The van der Waals surface area contributed by atoms with Crippen molar-refractivity contribution in [3.8, 4) is 22.3 Å². The SMILES string of the molecule is c1ccc(-c2ccccc2N(c2cccc(-c3ccc4ccccc4c3)c2)c2cccc3oc4c5ccccc5ccc4c23)cc1. The minimum atomic E-state index is 0.872. The molecule has 0 aliphatic rings. The molecule has 0 N–H and O–H groups in total. The van der Waals surface area contributed by atoms with Crippen LogP contribution in [0.1, 0.15) is 0 Å². The van der Waals surface area contributed by atoms with Crippen LogP contribution in [0, 0.1) is 0 Å². The first-order valence-corrected chi connectivity index (χ1v) is 15.7. The minimum absolute atomic E-state index is 0.872. The van der Waals surface area contributed by atoms with Gasteiger partial charge in [-0.15, -0.1) is 0 Å². The molecule has 0 spiro atoms. The largest absolute Gasteiger partial charge is 0.455 e. The zero-order valence-electron chi connectivity index (χ0n) is 25.1. The molecule has 2 heteroatoms. The van der Waals surface area contributed by atoms with Crippen LogP contribution in [-0.4, -0.2) is 0 Å². The zero-order chi connectivity index (χ0) is 30.5. The van der Waals surface area contributed by atoms with E-state index in [1.54, 1.807) is 0 Å². The molecule has 0 bridgehead atoms. The summed E-state index contributed by atoms with van der Waals surface area (Å²) in [4.78, 5) is 2.40. The van der Waals surface area contributed by atoms with E-state index in [9.17, 15) is 0 Å². The van der Waals surface area contributed by atoms with Gasteiger partial charge in [0.05, 0.1) is 16.8 Å². The summed E-state index contributed by atoms with van der Waals surface area (Å²) in [6.07, 6.45) is 0. The molecule has 216 valence electrons. The van der Waals surface area contributed by atoms with Gasteiger partial charge in [-0.1, -0.05) is 133 Å². The number of benzene rings is 8. The van der Waals surface area contributed by atoms with Gasteiger partial charge in [0.2, 0.25) is 0 Å². The third kappa shape index (κ3) is 4.35. The molecule has 2 nitrogen and oxygen atoms in total. The molecule has 1 heterocycles. The summed E-state index contributed by atoms with van der Waals surface area (Å²) in [6, 6.07) is 62.7. The van der Waals surface area contributed by atoms with Gasteiger partial charge < -0.3 is 9.32 Å². The quantitative estimate of drug-likeness (QED) is 0.199. The van der Waals surface area contributed by atoms with Crippen molar-refractivity contribution in [2.75, 3.05) is 4.90 Å². The van der Waals surface area contributed by atoms with Crippen molar-refractivity contribution < 1.29 is 4.42 Å². The predicted molar refractivity (Wildman–Crippen MR) is 194 cm³/mol. The van der Waals surface area contributed by atoms with Gasteiger partial charge in [-0.05, 0) is 75.3 Å². The average Bonchev–Trinajstić information content (AvgIpc) is 3.52. The lowest BCUT2D eigenvalue weighted by Gasteiger charge is -2.29. The van der Waals surface area contributed by atoms with Crippen LogP contribution in [0.15, 0.2) is 180 Å². The molecule has 46 heavy (non-hydrogen) atoms. The number of fused-ring (bicyclic) bond motifs is 6. The molecule has 0 aliphatic heterocycles. The smallest absolute Gasteiger partial charge is 0.143 e. The maximum Gasteiger partial charge on any atom is 0.143 e. The van der Waals surface area contributed by atoms with E-state index in [0.29, 0.717) is 0 Å². The summed E-state index contributed by atoms with van der Waals surface area (Å²) in [6.45, 7) is 0. The Morgan fingerprint density at radius 2 is 1.07 bits per heavy atom. The molecule has 0 amide bonds. The van der Waals surface area contributed by atoms with Crippen molar-refractivity contribution in [1.82, 2.24) is 0 Å². The highest BCUT2D eigenvalue weighted by molar-refractivity contribution is 6.19. The Kier molecular flexibility index (Phi) is 6.17. The van der Waals surface area contributed by atoms with Gasteiger partial charge in [-0.2, -0.15) is 0 Å². The molecule has 0 aliphatic carbocycles. The number of anilines is 3. The number of hydrogen-bond donors (Lipinski definition) is 0. The summed E-state index contributed by atoms with van der Waals surface area (Å²) in [7, 11) is 0. The Hall–Kier alpha value is -6.12. The predicted octanol–water partition coefficient (Wildman–Crippen LogP) is 12.7. The summed E-state index contributed by atoms with van der Waals surface area (Å²) in [5, 5.41) is 6.98. The van der Waals surface area contributed by atoms with Crippen LogP contribution in [0.3, 0.4) is 0 Å². The monoisotopic (exact) mass is 587 g/mol. The number of rotatable bonds is 5. The second kappa shape index (κ2) is 10.8. The van der Waals surface area contributed by atoms with Gasteiger partial charge in [0.15, 0.2) is 0 Å². The lowest BCUT2D eigenvalue weighted by molar-refractivity contribution is 0.672. The van der Waals surface area contributed by atoms with E-state index < -0.39 is 0 Å². The molecule has 0 saturated heterocycles. The molecule has 8 aromatic carbocycles. The van der Waals surface area contributed by atoms with Crippen LogP contribution in [-0.2, 0) is 0 Å². The molecular formula is C44H29NO. The normalized spacial score (nSPS) is 11.5. The summed E-state index contributed by atoms with van der Waals surface area (Å²) in [5.74, 6) is 0. The standard InChI is InChI=1S/C44H29NO/c1-2-13-31(14-3-1)37-19-8-9-21-40(37)45(36-18-10-17-34(29-36)35-25-24-30-12-4-5-16-33(30)28-35)41-22-11-23-42-43(41)39-27-26-32-15-6-7-20-38(32)44(39)46-42/h1-29H. The number of para-hydroxylation sites is 1. The molecule has 0 saturated carbocycles. The summed E-state index contributed by atoms with van der Waals surface area (Å²) in [5.41, 5.74) is 9.74. The molecule has 1 aromatic heterocycles. The fourth-order valence-corrected chi connectivity index (χ4v) is 6.85. The third-order valence-corrected chi connectivity index (χ3v) is 9.02. The van der Waals surface area contributed by atoms with Gasteiger partial charge in [0.1, 0.15) is 11.2 Å². The van der Waals surface area contributed by atoms with Crippen LogP contribution >= 0.6 is 0 Å². The van der Waals surface area contributed by atoms with Crippen molar-refractivity contribution in [3.63, 3.8) is 0 Å². The van der Waals surface area contributed by atoms with E-state index in [0.717, 1.165) is 50.0 Å². The van der Waals surface area contributed by atoms with Crippen LogP contribution < -0.4 is 4.90 Å². The van der Waals surface area contributed by atoms with Crippen molar-refractivity contribution in [1.29, 1.82) is 0 Å². The Morgan fingerprint density at radius 3 is 1.98 bits per heavy atom. The van der Waals surface area contributed by atoms with E-state index >= 15 is 0 Å². The molecular weight excluding hydrogens is 558 g/mol. The number of hydrogen-bond acceptors (Lipinski definition) is 2. The van der Waals surface area contributed by atoms with Crippen LogP contribution in [0.2, 0.25) is 0 Å². The lowest BCUT2D eigenvalue weighted by Crippen LogP contribution is -2.11. The van der Waals surface area contributed by atoms with Gasteiger partial charge >= 0.3 is 0 Å². The third-order valence-electron chi connectivity index (χ3n) is 9.02. The molecule has 0 atom stereocenters. The molecule has 0 fully saturated rings. The first kappa shape index (κ1) is 26.3. The van der Waals surface area contributed by atoms with Crippen molar-refractivity contribution in [3.05, 3.63) is 176 Å². The first-order valence-electron chi connectivity index (χ1n) is 15.7. The maximum atomic E-state index is 6.65. The van der Waals surface area contributed by atoms with Gasteiger partial charge in [0, 0.05) is 22.0 Å². The molecule has 0 unspecified atom stereocenters. The van der Waals surface area contributed by atoms with E-state index in [1.165, 1.54) is 32.8 Å². The average molecular weight is 588 g/mol. The second-order valence-electron chi connectivity index (χ2n) is 11.7. The van der Waals surface area contributed by atoms with Crippen molar-refractivity contribution >= 4 is 60.5 Å². The molecule has 0 radical (unpaired) electrons. The van der Waals surface area contributed by atoms with E-state index in [2.05, 4.69) is 181 Å². The highest BCUT2D eigenvalue weighted by atomic mass is 16.3. The number of furan rings is 1. The zero-order valence-corrected chi connectivity index (χ0v) is 25.1. The van der Waals surface area contributed by atoms with Crippen LogP contribution in [0.5, 0.6) is 0 Å². The van der Waals surface area contributed by atoms with Crippen molar-refractivity contribution in [2.45, 2.75) is 0 Å². The Labute approximate surface area is 267 Å². The Morgan fingerprint density at radius 1 is 0.391 bits per heavy atom. The minimum Gasteiger partial charge on any atom is -0.455 e. The number of nitrogens with zero attached hydrogens (tertiary/aromatic N) is 1. The van der Waals surface area contributed by atoms with E-state index in [-0.39, 0.29) is 0 Å². The Bertz CT molecular complexity index is 2540. The van der Waals surface area contributed by atoms with E-state index in [1.807, 2.05) is 0 Å². The van der Waals surface area contributed by atoms with E-state index in [4.69, 9.17) is 4.42 Å². The maximum absolute atomic E-state index is 6.65. The van der Waals surface area contributed by atoms with Gasteiger partial charge in [-0.3, -0.25) is 0 Å². The topological polar surface area (TPSA) is 16.4 Å². The summed E-state index contributed by atoms with van der Waals surface area (Å²) >= 11 is 0.